The van der Waals surface area contributed by atoms with Gasteiger partial charge in [-0.15, -0.1) is 0 Å². The molecule has 0 bridgehead atoms. The fourth-order valence-electron chi connectivity index (χ4n) is 5.05. The minimum atomic E-state index is -0.247. The van der Waals surface area contributed by atoms with Crippen molar-refractivity contribution in [2.45, 2.75) is 39.3 Å². The smallest absolute Gasteiger partial charge is 0.269 e. The van der Waals surface area contributed by atoms with Gasteiger partial charge in [0.2, 0.25) is 5.82 Å². The number of anilines is 1. The van der Waals surface area contributed by atoms with E-state index >= 15 is 0 Å². The lowest BCUT2D eigenvalue weighted by Gasteiger charge is -2.42. The molecular weight excluding hydrogens is 488 g/mol. The molecule has 4 rings (SSSR count). The lowest BCUT2D eigenvalue weighted by atomic mass is 10.0. The Bertz CT molecular complexity index is 1100. The first kappa shape index (κ1) is 27.3. The molecule has 1 amide bonds. The van der Waals surface area contributed by atoms with Gasteiger partial charge in [-0.3, -0.25) is 25.0 Å². The Kier molecular flexibility index (Phi) is 9.33. The van der Waals surface area contributed by atoms with Crippen LogP contribution in [0.1, 0.15) is 48.4 Å². The van der Waals surface area contributed by atoms with Gasteiger partial charge in [-0.25, -0.2) is 4.98 Å². The molecule has 1 aromatic heterocycles. The number of rotatable bonds is 8. The van der Waals surface area contributed by atoms with Crippen LogP contribution in [0.5, 0.6) is 0 Å². The van der Waals surface area contributed by atoms with Crippen molar-refractivity contribution < 1.29 is 4.79 Å². The normalized spacial score (nSPS) is 18.1. The number of hydrogen-bond acceptors (Lipinski definition) is 8. The monoisotopic (exact) mass is 524 g/mol. The average Bonchev–Trinajstić information content (AvgIpc) is 2.89. The third kappa shape index (κ3) is 7.39. The molecule has 3 heterocycles. The molecule has 1 N–H and O–H groups in total. The van der Waals surface area contributed by atoms with Crippen molar-refractivity contribution in [3.8, 4) is 6.07 Å². The minimum absolute atomic E-state index is 0.000299. The number of hydrogen-bond donors (Lipinski definition) is 1. The third-order valence-corrected chi connectivity index (χ3v) is 7.34. The number of nitriles is 1. The third-order valence-electron chi connectivity index (χ3n) is 7.07. The molecule has 2 aliphatic rings. The van der Waals surface area contributed by atoms with Crippen LogP contribution in [-0.4, -0.2) is 89.5 Å². The summed E-state index contributed by atoms with van der Waals surface area (Å²) in [6.45, 7) is 12.0. The van der Waals surface area contributed by atoms with E-state index in [-0.39, 0.29) is 22.7 Å². The van der Waals surface area contributed by atoms with E-state index in [1.165, 1.54) is 32.1 Å². The SMILES string of the molecule is CC(C)CN(NC(=O)c1cccc(CN2CCN(C3CCN(C)CC3)CC2)c1)c1nc(C#N)ncc1Cl. The van der Waals surface area contributed by atoms with Gasteiger partial charge >= 0.3 is 0 Å². The highest BCUT2D eigenvalue weighted by atomic mass is 35.5. The van der Waals surface area contributed by atoms with Crippen LogP contribution in [-0.2, 0) is 6.54 Å². The Morgan fingerprint density at radius 1 is 1.22 bits per heavy atom. The Labute approximate surface area is 225 Å². The fraction of sp³-hybridized carbons (Fsp3) is 0.556. The zero-order valence-corrected chi connectivity index (χ0v) is 22.8. The number of hydrazine groups is 1. The quantitative estimate of drug-likeness (QED) is 0.527. The van der Waals surface area contributed by atoms with Gasteiger partial charge in [0.05, 0.1) is 6.20 Å². The van der Waals surface area contributed by atoms with E-state index in [2.05, 4.69) is 43.2 Å². The maximum atomic E-state index is 13.2. The first-order chi connectivity index (χ1) is 17.8. The molecule has 2 fully saturated rings. The van der Waals surface area contributed by atoms with Gasteiger partial charge in [-0.1, -0.05) is 37.6 Å². The van der Waals surface area contributed by atoms with Crippen LogP contribution in [0.4, 0.5) is 5.82 Å². The molecule has 10 heteroatoms. The van der Waals surface area contributed by atoms with Crippen LogP contribution in [0.15, 0.2) is 30.5 Å². The number of nitrogens with one attached hydrogen (secondary N) is 1. The van der Waals surface area contributed by atoms with Crippen molar-refractivity contribution in [2.24, 2.45) is 5.92 Å². The first-order valence-corrected chi connectivity index (χ1v) is 13.4. The number of nitrogens with zero attached hydrogens (tertiary/aromatic N) is 7. The summed E-state index contributed by atoms with van der Waals surface area (Å²) in [5.41, 5.74) is 4.62. The Morgan fingerprint density at radius 2 is 1.95 bits per heavy atom. The second-order valence-corrected chi connectivity index (χ2v) is 10.9. The van der Waals surface area contributed by atoms with Crippen LogP contribution >= 0.6 is 11.6 Å². The highest BCUT2D eigenvalue weighted by Gasteiger charge is 2.26. The summed E-state index contributed by atoms with van der Waals surface area (Å²) in [4.78, 5) is 28.9. The summed E-state index contributed by atoms with van der Waals surface area (Å²) in [5.74, 6) is 0.286. The molecule has 2 aromatic rings. The number of piperazine rings is 1. The van der Waals surface area contributed by atoms with Gasteiger partial charge in [0, 0.05) is 50.9 Å². The fourth-order valence-corrected chi connectivity index (χ4v) is 5.25. The Morgan fingerprint density at radius 3 is 2.62 bits per heavy atom. The van der Waals surface area contributed by atoms with E-state index in [9.17, 15) is 10.1 Å². The van der Waals surface area contributed by atoms with Gasteiger partial charge < -0.3 is 4.90 Å². The molecular formula is C27H37ClN8O. The summed E-state index contributed by atoms with van der Waals surface area (Å²) >= 11 is 6.32. The second kappa shape index (κ2) is 12.7. The molecule has 0 aliphatic carbocycles. The topological polar surface area (TPSA) is 91.6 Å². The number of aromatic nitrogens is 2. The van der Waals surface area contributed by atoms with Gasteiger partial charge in [-0.05, 0) is 56.6 Å². The van der Waals surface area contributed by atoms with Crippen molar-refractivity contribution in [1.82, 2.24) is 30.1 Å². The highest BCUT2D eigenvalue weighted by Crippen LogP contribution is 2.23. The molecule has 37 heavy (non-hydrogen) atoms. The lowest BCUT2D eigenvalue weighted by molar-refractivity contribution is 0.0618. The van der Waals surface area contributed by atoms with Gasteiger partial charge in [0.25, 0.3) is 5.91 Å². The number of carbonyl (C=O) groups excluding carboxylic acids is 1. The van der Waals surface area contributed by atoms with E-state index in [0.29, 0.717) is 24.0 Å². The van der Waals surface area contributed by atoms with Crippen LogP contribution in [0.3, 0.4) is 0 Å². The summed E-state index contributed by atoms with van der Waals surface area (Å²) < 4.78 is 0. The van der Waals surface area contributed by atoms with Gasteiger partial charge in [0.1, 0.15) is 11.1 Å². The number of halogens is 1. The average molecular weight is 525 g/mol. The molecule has 0 saturated carbocycles. The highest BCUT2D eigenvalue weighted by molar-refractivity contribution is 6.32. The van der Waals surface area contributed by atoms with Gasteiger partial charge in [-0.2, -0.15) is 10.2 Å². The number of benzene rings is 1. The molecule has 0 atom stereocenters. The van der Waals surface area contributed by atoms with Crippen LogP contribution in [0.25, 0.3) is 0 Å². The van der Waals surface area contributed by atoms with E-state index < -0.39 is 0 Å². The number of amides is 1. The van der Waals surface area contributed by atoms with Crippen molar-refractivity contribution in [3.63, 3.8) is 0 Å². The summed E-state index contributed by atoms with van der Waals surface area (Å²) in [7, 11) is 2.21. The largest absolute Gasteiger partial charge is 0.306 e. The Hall–Kier alpha value is -2.77. The second-order valence-electron chi connectivity index (χ2n) is 10.5. The summed E-state index contributed by atoms with van der Waals surface area (Å²) in [6, 6.07) is 10.4. The molecule has 2 saturated heterocycles. The molecule has 0 spiro atoms. The van der Waals surface area contributed by atoms with Crippen molar-refractivity contribution in [1.29, 1.82) is 5.26 Å². The lowest BCUT2D eigenvalue weighted by Crippen LogP contribution is -2.52. The zero-order valence-electron chi connectivity index (χ0n) is 22.0. The van der Waals surface area contributed by atoms with Gasteiger partial charge in [0.15, 0.2) is 5.82 Å². The first-order valence-electron chi connectivity index (χ1n) is 13.1. The maximum absolute atomic E-state index is 13.2. The predicted molar refractivity (Wildman–Crippen MR) is 145 cm³/mol. The number of likely N-dealkylation sites (tertiary alicyclic amines) is 1. The predicted octanol–water partition coefficient (Wildman–Crippen LogP) is 3.02. The molecule has 198 valence electrons. The number of piperidine rings is 1. The van der Waals surface area contributed by atoms with Crippen molar-refractivity contribution in [2.75, 3.05) is 57.9 Å². The van der Waals surface area contributed by atoms with E-state index in [1.807, 2.05) is 38.1 Å². The van der Waals surface area contributed by atoms with Crippen LogP contribution in [0.2, 0.25) is 5.02 Å². The standard InChI is InChI=1S/C27H37ClN8O/c1-20(2)18-36(26-24(28)17-30-25(16-29)31-26)32-27(37)22-6-4-5-21(15-22)19-34-11-13-35(14-12-34)23-7-9-33(3)10-8-23/h4-6,15,17,20,23H,7-14,18-19H2,1-3H3,(H,32,37). The molecule has 9 nitrogen and oxygen atoms in total. The Balaban J connectivity index is 1.37. The van der Waals surface area contributed by atoms with Crippen molar-refractivity contribution in [3.05, 3.63) is 52.4 Å². The van der Waals surface area contributed by atoms with Crippen LogP contribution in [0, 0.1) is 17.2 Å². The molecule has 1 aromatic carbocycles. The minimum Gasteiger partial charge on any atom is -0.306 e. The van der Waals surface area contributed by atoms with Crippen LogP contribution < -0.4 is 10.4 Å². The number of carbonyl (C=O) groups is 1. The van der Waals surface area contributed by atoms with Crippen molar-refractivity contribution >= 4 is 23.3 Å². The van der Waals surface area contributed by atoms with E-state index in [0.717, 1.165) is 38.3 Å². The summed E-state index contributed by atoms with van der Waals surface area (Å²) in [6.07, 6.45) is 3.91. The molecule has 0 unspecified atom stereocenters. The maximum Gasteiger partial charge on any atom is 0.269 e. The van der Waals surface area contributed by atoms with E-state index in [1.54, 1.807) is 5.01 Å². The molecule has 2 aliphatic heterocycles. The van der Waals surface area contributed by atoms with E-state index in [4.69, 9.17) is 11.6 Å². The molecule has 0 radical (unpaired) electrons. The zero-order chi connectivity index (χ0) is 26.4. The summed E-state index contributed by atoms with van der Waals surface area (Å²) in [5, 5.41) is 11.1.